The lowest BCUT2D eigenvalue weighted by molar-refractivity contribution is 0.183. The van der Waals surface area contributed by atoms with Crippen LogP contribution < -0.4 is 15.5 Å². The molecule has 21 heavy (non-hydrogen) atoms. The van der Waals surface area contributed by atoms with Crippen molar-refractivity contribution in [2.24, 2.45) is 5.92 Å². The van der Waals surface area contributed by atoms with E-state index in [1.807, 2.05) is 7.05 Å². The van der Waals surface area contributed by atoms with Gasteiger partial charge in [0.15, 0.2) is 0 Å². The number of rotatable bonds is 7. The Kier molecular flexibility index (Phi) is 5.55. The molecule has 118 valence electrons. The maximum atomic E-state index is 5.44. The van der Waals surface area contributed by atoms with Crippen molar-refractivity contribution in [3.8, 4) is 0 Å². The molecule has 1 saturated heterocycles. The van der Waals surface area contributed by atoms with Crippen LogP contribution in [0.4, 0.5) is 17.8 Å². The lowest BCUT2D eigenvalue weighted by Gasteiger charge is -2.22. The van der Waals surface area contributed by atoms with Crippen LogP contribution in [0.1, 0.15) is 27.2 Å². The van der Waals surface area contributed by atoms with Crippen LogP contribution in [-0.4, -0.2) is 54.3 Å². The van der Waals surface area contributed by atoms with E-state index in [1.165, 1.54) is 0 Å². The summed E-state index contributed by atoms with van der Waals surface area (Å²) in [6.45, 7) is 9.74. The van der Waals surface area contributed by atoms with Crippen molar-refractivity contribution in [3.05, 3.63) is 0 Å². The minimum atomic E-state index is 0.282. The Balaban J connectivity index is 2.15. The quantitative estimate of drug-likeness (QED) is 0.791. The van der Waals surface area contributed by atoms with E-state index < -0.39 is 0 Å². The fourth-order valence-corrected chi connectivity index (χ4v) is 2.46. The van der Waals surface area contributed by atoms with Crippen LogP contribution in [0, 0.1) is 5.92 Å². The van der Waals surface area contributed by atoms with Gasteiger partial charge in [-0.1, -0.05) is 0 Å². The van der Waals surface area contributed by atoms with Gasteiger partial charge >= 0.3 is 0 Å². The zero-order chi connectivity index (χ0) is 15.2. The summed E-state index contributed by atoms with van der Waals surface area (Å²) in [4.78, 5) is 15.5. The number of ether oxygens (including phenoxy) is 1. The summed E-state index contributed by atoms with van der Waals surface area (Å²) in [7, 11) is 1.82. The number of nitrogens with zero attached hydrogens (tertiary/aromatic N) is 4. The monoisotopic (exact) mass is 294 g/mol. The lowest BCUT2D eigenvalue weighted by Crippen LogP contribution is -2.29. The molecular weight excluding hydrogens is 268 g/mol. The van der Waals surface area contributed by atoms with Crippen LogP contribution in [0.5, 0.6) is 0 Å². The van der Waals surface area contributed by atoms with Crippen molar-refractivity contribution in [2.75, 3.05) is 48.9 Å². The van der Waals surface area contributed by atoms with E-state index >= 15 is 0 Å². The first-order valence-corrected chi connectivity index (χ1v) is 7.71. The number of hydrogen-bond donors (Lipinski definition) is 2. The van der Waals surface area contributed by atoms with Crippen LogP contribution in [0.15, 0.2) is 0 Å². The lowest BCUT2D eigenvalue weighted by atomic mass is 10.0. The minimum Gasteiger partial charge on any atom is -0.381 e. The highest BCUT2D eigenvalue weighted by molar-refractivity contribution is 5.43. The first-order chi connectivity index (χ1) is 10.2. The molecule has 2 N–H and O–H groups in total. The third-order valence-electron chi connectivity index (χ3n) is 3.92. The molecule has 0 spiro atoms. The van der Waals surface area contributed by atoms with Crippen LogP contribution in [0.25, 0.3) is 0 Å². The summed E-state index contributed by atoms with van der Waals surface area (Å²) < 4.78 is 5.44. The molecule has 2 rings (SSSR count). The largest absolute Gasteiger partial charge is 0.381 e. The maximum absolute atomic E-state index is 5.44. The fourth-order valence-electron chi connectivity index (χ4n) is 2.46. The average molecular weight is 294 g/mol. The van der Waals surface area contributed by atoms with Gasteiger partial charge in [-0.15, -0.1) is 0 Å². The second kappa shape index (κ2) is 7.40. The van der Waals surface area contributed by atoms with E-state index in [4.69, 9.17) is 4.74 Å². The zero-order valence-electron chi connectivity index (χ0n) is 13.4. The Morgan fingerprint density at radius 3 is 2.52 bits per heavy atom. The second-order valence-electron chi connectivity index (χ2n) is 5.26. The topological polar surface area (TPSA) is 75.2 Å². The number of anilines is 3. The molecule has 0 saturated carbocycles. The van der Waals surface area contributed by atoms with Crippen molar-refractivity contribution >= 4 is 17.8 Å². The molecule has 0 radical (unpaired) electrons. The predicted octanol–water partition coefficient (Wildman–Crippen LogP) is 1.60. The number of aromatic nitrogens is 3. The zero-order valence-corrected chi connectivity index (χ0v) is 13.4. The minimum absolute atomic E-state index is 0.282. The van der Waals surface area contributed by atoms with Gasteiger partial charge in [-0.2, -0.15) is 15.0 Å². The highest BCUT2D eigenvalue weighted by Gasteiger charge is 2.23. The van der Waals surface area contributed by atoms with Gasteiger partial charge in [0.2, 0.25) is 17.8 Å². The van der Waals surface area contributed by atoms with Crippen LogP contribution >= 0.6 is 0 Å². The summed E-state index contributed by atoms with van der Waals surface area (Å²) in [5, 5.41) is 6.39. The summed E-state index contributed by atoms with van der Waals surface area (Å²) >= 11 is 0. The Bertz CT molecular complexity index is 445. The smallest absolute Gasteiger partial charge is 0.231 e. The standard InChI is InChI=1S/C14H26N6O/c1-5-20(6-2)14-18-12(15-4)17-13(19-14)16-10(3)11-7-8-21-9-11/h10-11H,5-9H2,1-4H3,(H2,15,16,17,18,19). The Morgan fingerprint density at radius 2 is 1.95 bits per heavy atom. The van der Waals surface area contributed by atoms with Crippen molar-refractivity contribution in [1.82, 2.24) is 15.0 Å². The summed E-state index contributed by atoms with van der Waals surface area (Å²) in [5.41, 5.74) is 0. The average Bonchev–Trinajstić information content (AvgIpc) is 3.02. The first-order valence-electron chi connectivity index (χ1n) is 7.71. The van der Waals surface area contributed by atoms with Crippen molar-refractivity contribution in [2.45, 2.75) is 33.2 Å². The number of hydrogen-bond acceptors (Lipinski definition) is 7. The Hall–Kier alpha value is -1.63. The van der Waals surface area contributed by atoms with Gasteiger partial charge in [-0.3, -0.25) is 0 Å². The molecule has 7 nitrogen and oxygen atoms in total. The van der Waals surface area contributed by atoms with E-state index in [0.29, 0.717) is 23.8 Å². The number of nitrogens with one attached hydrogen (secondary N) is 2. The van der Waals surface area contributed by atoms with Gasteiger partial charge in [-0.05, 0) is 27.2 Å². The molecule has 1 fully saturated rings. The molecule has 0 aromatic carbocycles. The molecular formula is C14H26N6O. The van der Waals surface area contributed by atoms with Gasteiger partial charge in [0.1, 0.15) is 0 Å². The van der Waals surface area contributed by atoms with Gasteiger partial charge in [0.25, 0.3) is 0 Å². The van der Waals surface area contributed by atoms with Gasteiger partial charge in [0, 0.05) is 38.7 Å². The molecule has 0 amide bonds. The van der Waals surface area contributed by atoms with E-state index in [2.05, 4.69) is 51.3 Å². The Morgan fingerprint density at radius 1 is 1.24 bits per heavy atom. The molecule has 2 heterocycles. The molecule has 1 aliphatic rings. The molecule has 1 aromatic rings. The van der Waals surface area contributed by atoms with E-state index in [-0.39, 0.29) is 6.04 Å². The van der Waals surface area contributed by atoms with Crippen molar-refractivity contribution in [3.63, 3.8) is 0 Å². The normalized spacial score (nSPS) is 19.3. The summed E-state index contributed by atoms with van der Waals surface area (Å²) in [6, 6.07) is 0.282. The fraction of sp³-hybridized carbons (Fsp3) is 0.786. The molecule has 2 atom stereocenters. The van der Waals surface area contributed by atoms with Crippen LogP contribution in [0.2, 0.25) is 0 Å². The molecule has 1 aliphatic heterocycles. The van der Waals surface area contributed by atoms with E-state index in [1.54, 1.807) is 0 Å². The third-order valence-corrected chi connectivity index (χ3v) is 3.92. The highest BCUT2D eigenvalue weighted by atomic mass is 16.5. The van der Waals surface area contributed by atoms with Crippen LogP contribution in [0.3, 0.4) is 0 Å². The van der Waals surface area contributed by atoms with E-state index in [9.17, 15) is 0 Å². The van der Waals surface area contributed by atoms with Gasteiger partial charge < -0.3 is 20.3 Å². The summed E-state index contributed by atoms with van der Waals surface area (Å²) in [5.74, 6) is 2.42. The van der Waals surface area contributed by atoms with Gasteiger partial charge in [0.05, 0.1) is 6.61 Å². The van der Waals surface area contributed by atoms with Crippen molar-refractivity contribution in [1.29, 1.82) is 0 Å². The maximum Gasteiger partial charge on any atom is 0.231 e. The molecule has 0 bridgehead atoms. The van der Waals surface area contributed by atoms with E-state index in [0.717, 1.165) is 32.7 Å². The van der Waals surface area contributed by atoms with Gasteiger partial charge in [-0.25, -0.2) is 0 Å². The second-order valence-corrected chi connectivity index (χ2v) is 5.26. The molecule has 2 unspecified atom stereocenters. The molecule has 0 aliphatic carbocycles. The molecule has 7 heteroatoms. The molecule has 1 aromatic heterocycles. The predicted molar refractivity (Wildman–Crippen MR) is 84.9 cm³/mol. The first kappa shape index (κ1) is 15.8. The third kappa shape index (κ3) is 3.93. The Labute approximate surface area is 126 Å². The summed E-state index contributed by atoms with van der Waals surface area (Å²) in [6.07, 6.45) is 1.08. The van der Waals surface area contributed by atoms with Crippen molar-refractivity contribution < 1.29 is 4.74 Å². The van der Waals surface area contributed by atoms with Crippen LogP contribution in [-0.2, 0) is 4.74 Å². The highest BCUT2D eigenvalue weighted by Crippen LogP contribution is 2.20. The SMILES string of the molecule is CCN(CC)c1nc(NC)nc(NC(C)C2CCOC2)n1.